The number of hydrogen-bond donors (Lipinski definition) is 0. The molecule has 0 radical (unpaired) electrons. The molecule has 0 spiro atoms. The van der Waals surface area contributed by atoms with Crippen LogP contribution < -0.4 is 5.43 Å². The Hall–Kier alpha value is -2.15. The monoisotopic (exact) mass is 290 g/mol. The van der Waals surface area contributed by atoms with Crippen LogP contribution in [0, 0.1) is 0 Å². The van der Waals surface area contributed by atoms with Gasteiger partial charge in [0.05, 0.1) is 0 Å². The molecule has 0 heterocycles. The van der Waals surface area contributed by atoms with Crippen LogP contribution in [-0.4, -0.2) is 0 Å². The van der Waals surface area contributed by atoms with Gasteiger partial charge in [-0.2, -0.15) is 0 Å². The van der Waals surface area contributed by atoms with Crippen molar-refractivity contribution in [2.24, 2.45) is 0 Å². The summed E-state index contributed by atoms with van der Waals surface area (Å²) in [5.74, 6) is 0.846. The fourth-order valence-corrected chi connectivity index (χ4v) is 2.87. The molecular formula is C21H22O. The Morgan fingerprint density at radius 2 is 1.00 bits per heavy atom. The van der Waals surface area contributed by atoms with Gasteiger partial charge in [0, 0.05) is 10.8 Å². The standard InChI is InChI=1S/C21H22O/c1-13(2)17-9-7-15-5-6-16-8-10-18(14(3)4)12-20(16)21(22)19(15)11-17/h5-14H,1-4H3. The van der Waals surface area contributed by atoms with Gasteiger partial charge in [0.1, 0.15) is 0 Å². The van der Waals surface area contributed by atoms with E-state index in [0.717, 1.165) is 21.5 Å². The minimum atomic E-state index is 0.139. The summed E-state index contributed by atoms with van der Waals surface area (Å²) in [6.07, 6.45) is 0. The first-order valence-electron chi connectivity index (χ1n) is 7.98. The lowest BCUT2D eigenvalue weighted by Gasteiger charge is -2.06. The Kier molecular flexibility index (Phi) is 3.74. The van der Waals surface area contributed by atoms with Crippen LogP contribution in [0.4, 0.5) is 0 Å². The van der Waals surface area contributed by atoms with Crippen molar-refractivity contribution in [1.82, 2.24) is 0 Å². The molecule has 0 saturated heterocycles. The summed E-state index contributed by atoms with van der Waals surface area (Å²) in [5, 5.41) is 3.66. The lowest BCUT2D eigenvalue weighted by atomic mass is 9.98. The second-order valence-electron chi connectivity index (χ2n) is 6.67. The second-order valence-corrected chi connectivity index (χ2v) is 6.67. The molecule has 22 heavy (non-hydrogen) atoms. The highest BCUT2D eigenvalue weighted by atomic mass is 16.1. The second kappa shape index (κ2) is 5.57. The Balaban J connectivity index is 2.43. The quantitative estimate of drug-likeness (QED) is 0.600. The van der Waals surface area contributed by atoms with Gasteiger partial charge in [-0.15, -0.1) is 0 Å². The van der Waals surface area contributed by atoms with Crippen molar-refractivity contribution in [3.63, 3.8) is 0 Å². The normalized spacial score (nSPS) is 11.7. The summed E-state index contributed by atoms with van der Waals surface area (Å²) in [7, 11) is 0. The third kappa shape index (κ3) is 2.52. The molecule has 0 unspecified atom stereocenters. The molecule has 0 aromatic heterocycles. The van der Waals surface area contributed by atoms with Crippen molar-refractivity contribution in [2.45, 2.75) is 39.5 Å². The van der Waals surface area contributed by atoms with Crippen LogP contribution in [0.2, 0.25) is 0 Å². The summed E-state index contributed by atoms with van der Waals surface area (Å²) < 4.78 is 0. The van der Waals surface area contributed by atoms with Gasteiger partial charge < -0.3 is 0 Å². The zero-order valence-electron chi connectivity index (χ0n) is 13.7. The first-order valence-corrected chi connectivity index (χ1v) is 7.98. The first kappa shape index (κ1) is 14.8. The predicted octanol–water partition coefficient (Wildman–Crippen LogP) is 5.60. The van der Waals surface area contributed by atoms with Crippen LogP contribution in [-0.2, 0) is 0 Å². The topological polar surface area (TPSA) is 17.1 Å². The van der Waals surface area contributed by atoms with E-state index in [9.17, 15) is 4.79 Å². The smallest absolute Gasteiger partial charge is 0.194 e. The molecular weight excluding hydrogens is 268 g/mol. The maximum absolute atomic E-state index is 13.0. The van der Waals surface area contributed by atoms with Crippen LogP contribution in [0.3, 0.4) is 0 Å². The summed E-state index contributed by atoms with van der Waals surface area (Å²) in [4.78, 5) is 13.0. The van der Waals surface area contributed by atoms with Gasteiger partial charge in [0.15, 0.2) is 5.43 Å². The molecule has 3 rings (SSSR count). The Labute approximate surface area is 131 Å². The van der Waals surface area contributed by atoms with E-state index in [1.807, 2.05) is 0 Å². The van der Waals surface area contributed by atoms with Gasteiger partial charge in [-0.05, 0) is 45.9 Å². The minimum absolute atomic E-state index is 0.139. The largest absolute Gasteiger partial charge is 0.289 e. The van der Waals surface area contributed by atoms with Crippen LogP contribution in [0.1, 0.15) is 50.7 Å². The summed E-state index contributed by atoms with van der Waals surface area (Å²) in [6, 6.07) is 16.6. The lowest BCUT2D eigenvalue weighted by Crippen LogP contribution is -2.01. The van der Waals surface area contributed by atoms with Gasteiger partial charge in [-0.1, -0.05) is 64.1 Å². The maximum atomic E-state index is 13.0. The lowest BCUT2D eigenvalue weighted by molar-refractivity contribution is 0.868. The Morgan fingerprint density at radius 1 is 0.636 bits per heavy atom. The molecule has 0 aliphatic heterocycles. The molecule has 0 aliphatic rings. The molecule has 1 heteroatoms. The summed E-state index contributed by atoms with van der Waals surface area (Å²) in [5.41, 5.74) is 2.56. The van der Waals surface area contributed by atoms with Gasteiger partial charge in [0.2, 0.25) is 0 Å². The van der Waals surface area contributed by atoms with E-state index < -0.39 is 0 Å². The first-order chi connectivity index (χ1) is 10.5. The van der Waals surface area contributed by atoms with E-state index in [-0.39, 0.29) is 5.43 Å². The number of fused-ring (bicyclic) bond motifs is 2. The van der Waals surface area contributed by atoms with E-state index in [0.29, 0.717) is 11.8 Å². The molecule has 0 atom stereocenters. The van der Waals surface area contributed by atoms with E-state index in [1.54, 1.807) is 0 Å². The van der Waals surface area contributed by atoms with Gasteiger partial charge >= 0.3 is 0 Å². The Morgan fingerprint density at radius 3 is 1.36 bits per heavy atom. The molecule has 0 N–H and O–H groups in total. The minimum Gasteiger partial charge on any atom is -0.289 e. The van der Waals surface area contributed by atoms with E-state index >= 15 is 0 Å². The molecule has 3 aromatic rings. The fourth-order valence-electron chi connectivity index (χ4n) is 2.87. The van der Waals surface area contributed by atoms with E-state index in [4.69, 9.17) is 0 Å². The van der Waals surface area contributed by atoms with E-state index in [2.05, 4.69) is 76.2 Å². The van der Waals surface area contributed by atoms with Crippen molar-refractivity contribution in [3.05, 3.63) is 69.9 Å². The molecule has 3 aromatic carbocycles. The zero-order chi connectivity index (χ0) is 15.9. The molecule has 0 aliphatic carbocycles. The average Bonchev–Trinajstić information content (AvgIpc) is 2.64. The van der Waals surface area contributed by atoms with Gasteiger partial charge in [0.25, 0.3) is 0 Å². The van der Waals surface area contributed by atoms with Crippen molar-refractivity contribution >= 4 is 21.5 Å². The highest BCUT2D eigenvalue weighted by Crippen LogP contribution is 2.23. The average molecular weight is 290 g/mol. The fraction of sp³-hybridized carbons (Fsp3) is 0.286. The highest BCUT2D eigenvalue weighted by molar-refractivity contribution is 5.93. The summed E-state index contributed by atoms with van der Waals surface area (Å²) in [6.45, 7) is 8.63. The van der Waals surface area contributed by atoms with Crippen LogP contribution in [0.15, 0.2) is 53.3 Å². The molecule has 1 nitrogen and oxygen atoms in total. The molecule has 0 amide bonds. The van der Waals surface area contributed by atoms with Gasteiger partial charge in [-0.25, -0.2) is 0 Å². The van der Waals surface area contributed by atoms with Crippen molar-refractivity contribution < 1.29 is 0 Å². The third-order valence-electron chi connectivity index (χ3n) is 4.42. The maximum Gasteiger partial charge on any atom is 0.194 e. The SMILES string of the molecule is CC(C)c1ccc2ccc3ccc(C(C)C)cc3c(=O)c2c1. The van der Waals surface area contributed by atoms with Crippen LogP contribution in [0.5, 0.6) is 0 Å². The molecule has 0 bridgehead atoms. The van der Waals surface area contributed by atoms with Crippen LogP contribution in [0.25, 0.3) is 21.5 Å². The van der Waals surface area contributed by atoms with Crippen molar-refractivity contribution in [1.29, 1.82) is 0 Å². The number of hydrogen-bond acceptors (Lipinski definition) is 1. The predicted molar refractivity (Wildman–Crippen MR) is 95.9 cm³/mol. The van der Waals surface area contributed by atoms with E-state index in [1.165, 1.54) is 11.1 Å². The zero-order valence-corrected chi connectivity index (χ0v) is 13.7. The van der Waals surface area contributed by atoms with Crippen LogP contribution >= 0.6 is 0 Å². The van der Waals surface area contributed by atoms with Crippen molar-refractivity contribution in [3.8, 4) is 0 Å². The number of benzene rings is 2. The molecule has 0 saturated carbocycles. The number of rotatable bonds is 2. The highest BCUT2D eigenvalue weighted by Gasteiger charge is 2.07. The third-order valence-corrected chi connectivity index (χ3v) is 4.42. The van der Waals surface area contributed by atoms with Gasteiger partial charge in [-0.3, -0.25) is 4.79 Å². The summed E-state index contributed by atoms with van der Waals surface area (Å²) >= 11 is 0. The van der Waals surface area contributed by atoms with Crippen molar-refractivity contribution in [2.75, 3.05) is 0 Å². The molecule has 112 valence electrons. The Bertz CT molecular complexity index is 831. The molecule has 0 fully saturated rings.